The average Bonchev–Trinajstić information content (AvgIpc) is 2.15. The van der Waals surface area contributed by atoms with E-state index in [1.165, 1.54) is 0 Å². The molecule has 1 rings (SSSR count). The van der Waals surface area contributed by atoms with Gasteiger partial charge in [0.15, 0.2) is 0 Å². The number of hydrogen-bond donors (Lipinski definition) is 1. The van der Waals surface area contributed by atoms with Crippen molar-refractivity contribution in [2.75, 3.05) is 13.1 Å². The van der Waals surface area contributed by atoms with E-state index in [0.717, 1.165) is 19.5 Å². The van der Waals surface area contributed by atoms with Crippen LogP contribution in [0.1, 0.15) is 20.3 Å². The summed E-state index contributed by atoms with van der Waals surface area (Å²) in [6, 6.07) is 0.384. The van der Waals surface area contributed by atoms with E-state index in [2.05, 4.69) is 18.7 Å². The van der Waals surface area contributed by atoms with Crippen molar-refractivity contribution in [1.82, 2.24) is 4.90 Å². The minimum atomic E-state index is -0.0788. The Labute approximate surface area is 56.5 Å². The number of hydrogen-bond acceptors (Lipinski definition) is 2. The third kappa shape index (κ3) is 1.25. The molecular formula is C7H15NO. The number of nitrogens with zero attached hydrogens (tertiary/aromatic N) is 1. The second kappa shape index (κ2) is 2.67. The summed E-state index contributed by atoms with van der Waals surface area (Å²) in [7, 11) is 0. The minimum Gasteiger partial charge on any atom is -0.391 e. The molecule has 1 N–H and O–H groups in total. The third-order valence-corrected chi connectivity index (χ3v) is 2.25. The molecule has 0 spiro atoms. The Hall–Kier alpha value is -0.0800. The zero-order chi connectivity index (χ0) is 6.85. The largest absolute Gasteiger partial charge is 0.391 e. The first-order valence-electron chi connectivity index (χ1n) is 3.67. The molecule has 2 unspecified atom stereocenters. The van der Waals surface area contributed by atoms with Crippen molar-refractivity contribution in [2.24, 2.45) is 0 Å². The lowest BCUT2D eigenvalue weighted by atomic mass is 10.2. The molecule has 1 saturated heterocycles. The molecule has 0 aliphatic carbocycles. The van der Waals surface area contributed by atoms with Crippen LogP contribution in [0.15, 0.2) is 0 Å². The van der Waals surface area contributed by atoms with Crippen molar-refractivity contribution in [1.29, 1.82) is 0 Å². The number of aliphatic hydroxyl groups is 1. The van der Waals surface area contributed by atoms with Gasteiger partial charge < -0.3 is 5.11 Å². The van der Waals surface area contributed by atoms with Crippen molar-refractivity contribution < 1.29 is 5.11 Å². The first-order chi connectivity index (χ1) is 4.25. The van der Waals surface area contributed by atoms with Crippen molar-refractivity contribution >= 4 is 0 Å². The number of rotatable bonds is 1. The highest BCUT2D eigenvalue weighted by molar-refractivity contribution is 4.82. The topological polar surface area (TPSA) is 23.5 Å². The summed E-state index contributed by atoms with van der Waals surface area (Å²) in [6.45, 7) is 6.35. The van der Waals surface area contributed by atoms with Gasteiger partial charge in [-0.25, -0.2) is 0 Å². The molecule has 1 aliphatic rings. The summed E-state index contributed by atoms with van der Waals surface area (Å²) in [5.41, 5.74) is 0. The standard InChI is InChI=1S/C7H15NO/c1-3-8-5-4-7(9)6(8)2/h6-7,9H,3-5H2,1-2H3. The van der Waals surface area contributed by atoms with Crippen molar-refractivity contribution in [3.63, 3.8) is 0 Å². The molecule has 9 heavy (non-hydrogen) atoms. The lowest BCUT2D eigenvalue weighted by Gasteiger charge is -2.19. The fourth-order valence-corrected chi connectivity index (χ4v) is 1.43. The SMILES string of the molecule is CCN1CCC(O)C1C. The van der Waals surface area contributed by atoms with Crippen LogP contribution in [0, 0.1) is 0 Å². The van der Waals surface area contributed by atoms with Gasteiger partial charge in [0.2, 0.25) is 0 Å². The van der Waals surface area contributed by atoms with Crippen molar-refractivity contribution in [3.8, 4) is 0 Å². The number of aliphatic hydroxyl groups excluding tert-OH is 1. The molecule has 54 valence electrons. The van der Waals surface area contributed by atoms with Crippen LogP contribution in [0.2, 0.25) is 0 Å². The van der Waals surface area contributed by atoms with Crippen molar-refractivity contribution in [3.05, 3.63) is 0 Å². The van der Waals surface area contributed by atoms with Crippen LogP contribution < -0.4 is 0 Å². The molecule has 0 amide bonds. The van der Waals surface area contributed by atoms with Crippen LogP contribution in [0.4, 0.5) is 0 Å². The molecular weight excluding hydrogens is 114 g/mol. The smallest absolute Gasteiger partial charge is 0.0704 e. The Bertz CT molecular complexity index is 94.9. The van der Waals surface area contributed by atoms with Gasteiger partial charge in [-0.1, -0.05) is 6.92 Å². The predicted molar refractivity (Wildman–Crippen MR) is 37.3 cm³/mol. The maximum absolute atomic E-state index is 9.26. The Morgan fingerprint density at radius 2 is 2.33 bits per heavy atom. The molecule has 0 radical (unpaired) electrons. The van der Waals surface area contributed by atoms with Gasteiger partial charge in [-0.05, 0) is 19.9 Å². The van der Waals surface area contributed by atoms with Gasteiger partial charge in [-0.2, -0.15) is 0 Å². The second-order valence-electron chi connectivity index (χ2n) is 2.73. The Morgan fingerprint density at radius 3 is 2.56 bits per heavy atom. The number of likely N-dealkylation sites (N-methyl/N-ethyl adjacent to an activating group) is 1. The van der Waals surface area contributed by atoms with Gasteiger partial charge in [0, 0.05) is 12.6 Å². The van der Waals surface area contributed by atoms with E-state index in [1.807, 2.05) is 0 Å². The fourth-order valence-electron chi connectivity index (χ4n) is 1.43. The molecule has 0 aromatic carbocycles. The summed E-state index contributed by atoms with van der Waals surface area (Å²) in [4.78, 5) is 2.30. The lowest BCUT2D eigenvalue weighted by Crippen LogP contribution is -2.31. The Balaban J connectivity index is 2.41. The highest BCUT2D eigenvalue weighted by Crippen LogP contribution is 2.15. The van der Waals surface area contributed by atoms with E-state index in [0.29, 0.717) is 6.04 Å². The molecule has 0 bridgehead atoms. The maximum atomic E-state index is 9.26. The van der Waals surface area contributed by atoms with Gasteiger partial charge in [0.05, 0.1) is 6.10 Å². The van der Waals surface area contributed by atoms with Gasteiger partial charge in [0.25, 0.3) is 0 Å². The van der Waals surface area contributed by atoms with Gasteiger partial charge in [-0.15, -0.1) is 0 Å². The summed E-state index contributed by atoms with van der Waals surface area (Å²) in [6.07, 6.45) is 0.875. The van der Waals surface area contributed by atoms with Crippen LogP contribution in [-0.2, 0) is 0 Å². The van der Waals surface area contributed by atoms with Crippen LogP contribution >= 0.6 is 0 Å². The first-order valence-corrected chi connectivity index (χ1v) is 3.67. The molecule has 1 fully saturated rings. The molecule has 0 aromatic heterocycles. The molecule has 0 saturated carbocycles. The monoisotopic (exact) mass is 129 g/mol. The Kier molecular flexibility index (Phi) is 2.09. The molecule has 2 nitrogen and oxygen atoms in total. The second-order valence-corrected chi connectivity index (χ2v) is 2.73. The summed E-state index contributed by atoms with van der Waals surface area (Å²) < 4.78 is 0. The maximum Gasteiger partial charge on any atom is 0.0704 e. The van der Waals surface area contributed by atoms with Gasteiger partial charge in [0.1, 0.15) is 0 Å². The van der Waals surface area contributed by atoms with Crippen LogP contribution in [0.3, 0.4) is 0 Å². The fraction of sp³-hybridized carbons (Fsp3) is 1.00. The van der Waals surface area contributed by atoms with Crippen LogP contribution in [0.25, 0.3) is 0 Å². The van der Waals surface area contributed by atoms with E-state index in [-0.39, 0.29) is 6.10 Å². The quantitative estimate of drug-likeness (QED) is 0.556. The van der Waals surface area contributed by atoms with Gasteiger partial charge >= 0.3 is 0 Å². The summed E-state index contributed by atoms with van der Waals surface area (Å²) in [5.74, 6) is 0. The lowest BCUT2D eigenvalue weighted by molar-refractivity contribution is 0.129. The average molecular weight is 129 g/mol. The summed E-state index contributed by atoms with van der Waals surface area (Å²) in [5, 5.41) is 9.26. The van der Waals surface area contributed by atoms with E-state index >= 15 is 0 Å². The molecule has 1 aliphatic heterocycles. The Morgan fingerprint density at radius 1 is 1.67 bits per heavy atom. The van der Waals surface area contributed by atoms with E-state index in [4.69, 9.17) is 0 Å². The molecule has 1 heterocycles. The predicted octanol–water partition coefficient (Wildman–Crippen LogP) is 0.461. The van der Waals surface area contributed by atoms with Gasteiger partial charge in [-0.3, -0.25) is 4.90 Å². The minimum absolute atomic E-state index is 0.0788. The number of likely N-dealkylation sites (tertiary alicyclic amines) is 1. The first kappa shape index (κ1) is 7.03. The third-order valence-electron chi connectivity index (χ3n) is 2.25. The molecule has 2 heteroatoms. The molecule has 2 atom stereocenters. The van der Waals surface area contributed by atoms with E-state index < -0.39 is 0 Å². The highest BCUT2D eigenvalue weighted by atomic mass is 16.3. The van der Waals surface area contributed by atoms with E-state index in [9.17, 15) is 5.11 Å². The van der Waals surface area contributed by atoms with Crippen LogP contribution in [-0.4, -0.2) is 35.2 Å². The zero-order valence-electron chi connectivity index (χ0n) is 6.17. The molecule has 0 aromatic rings. The van der Waals surface area contributed by atoms with Crippen LogP contribution in [0.5, 0.6) is 0 Å². The summed E-state index contributed by atoms with van der Waals surface area (Å²) >= 11 is 0. The normalized spacial score (nSPS) is 37.7. The zero-order valence-corrected chi connectivity index (χ0v) is 6.17. The van der Waals surface area contributed by atoms with E-state index in [1.54, 1.807) is 0 Å². The highest BCUT2D eigenvalue weighted by Gasteiger charge is 2.26. The van der Waals surface area contributed by atoms with Crippen molar-refractivity contribution in [2.45, 2.75) is 32.4 Å².